The average Bonchev–Trinajstić information content (AvgIpc) is 3.33. The van der Waals surface area contributed by atoms with E-state index in [9.17, 15) is 9.59 Å². The van der Waals surface area contributed by atoms with E-state index in [2.05, 4.69) is 26.0 Å². The molecule has 0 atom stereocenters. The second-order valence-corrected chi connectivity index (χ2v) is 13.4. The van der Waals surface area contributed by atoms with Crippen molar-refractivity contribution < 1.29 is 9.53 Å². The molecule has 0 unspecified atom stereocenters. The van der Waals surface area contributed by atoms with Gasteiger partial charge in [0.15, 0.2) is 0 Å². The molecule has 10 heteroatoms. The van der Waals surface area contributed by atoms with E-state index in [1.807, 2.05) is 48.6 Å². The van der Waals surface area contributed by atoms with Crippen molar-refractivity contribution in [2.75, 3.05) is 17.7 Å². The first-order valence-electron chi connectivity index (χ1n) is 13.2. The number of nitrogens with zero attached hydrogens (tertiary/aromatic N) is 5. The molecule has 2 aromatic heterocycles. The standard InChI is InChI=1S/C32H25N6O3.In/c1-3-4-5-6-10-16-28(39)36(2)24-12-11-13-25(21-24)38-31-29(30(33)34-22-35-31)37(32(38)40)23-17-19-27(20-18-23)41-26-14-8-7-9-15-26;/h1,3-5,7-22H,2H3,(H2,33,34,35);/b3-1?,5-4?,16-10+;. The fraction of sp³-hybridized carbons (Fsp3) is 0.0312. The van der Waals surface area contributed by atoms with Crippen LogP contribution in [-0.2, 0) is 4.79 Å². The third-order valence-electron chi connectivity index (χ3n) is 6.75. The number of nitrogen functional groups attached to an aromatic ring is 1. The van der Waals surface area contributed by atoms with Crippen molar-refractivity contribution in [2.45, 2.75) is 0 Å². The summed E-state index contributed by atoms with van der Waals surface area (Å²) in [6.07, 6.45) is 10.9. The number of amides is 1. The van der Waals surface area contributed by atoms with Gasteiger partial charge in [0.05, 0.1) is 0 Å². The number of aromatic nitrogens is 4. The molecule has 1 aliphatic heterocycles. The van der Waals surface area contributed by atoms with Crippen molar-refractivity contribution in [1.82, 2.24) is 19.1 Å². The molecule has 0 saturated heterocycles. The second-order valence-electron chi connectivity index (χ2n) is 9.45. The zero-order valence-electron chi connectivity index (χ0n) is 22.7. The molecule has 6 rings (SSSR count). The fourth-order valence-corrected chi connectivity index (χ4v) is 7.16. The third kappa shape index (κ3) is 5.48. The van der Waals surface area contributed by atoms with Crippen LogP contribution in [0.15, 0.2) is 124 Å². The molecule has 0 radical (unpaired) electrons. The number of carbonyl (C=O) groups excluding carboxylic acids is 1. The summed E-state index contributed by atoms with van der Waals surface area (Å²) in [6.45, 7) is 0. The van der Waals surface area contributed by atoms with Crippen molar-refractivity contribution in [3.05, 3.63) is 130 Å². The van der Waals surface area contributed by atoms with Gasteiger partial charge in [-0.05, 0) is 36.4 Å². The number of fused-ring (bicyclic) bond motifs is 1. The molecule has 3 aromatic carbocycles. The molecule has 0 saturated carbocycles. The van der Waals surface area contributed by atoms with E-state index in [-0.39, 0.29) is 17.4 Å². The van der Waals surface area contributed by atoms with Crippen LogP contribution in [0, 0.1) is 0 Å². The maximum absolute atomic E-state index is 14.0. The van der Waals surface area contributed by atoms with Crippen LogP contribution in [0.2, 0.25) is 0 Å². The van der Waals surface area contributed by atoms with Crippen molar-refractivity contribution >= 4 is 54.3 Å². The molecule has 0 bridgehead atoms. The van der Waals surface area contributed by atoms with Gasteiger partial charge in [0.2, 0.25) is 0 Å². The monoisotopic (exact) mass is 656 g/mol. The molecule has 42 heavy (non-hydrogen) atoms. The number of anilines is 2. The molecule has 1 amide bonds. The predicted octanol–water partition coefficient (Wildman–Crippen LogP) is 4.43. The Morgan fingerprint density at radius 3 is 2.48 bits per heavy atom. The molecule has 204 valence electrons. The first-order chi connectivity index (χ1) is 20.5. The van der Waals surface area contributed by atoms with E-state index in [1.165, 1.54) is 18.7 Å². The van der Waals surface area contributed by atoms with Gasteiger partial charge >= 0.3 is 172 Å². The van der Waals surface area contributed by atoms with Gasteiger partial charge in [0, 0.05) is 0 Å². The summed E-state index contributed by atoms with van der Waals surface area (Å²) in [5.41, 5.74) is 8.39. The molecule has 5 aromatic rings. The number of rotatable bonds is 7. The van der Waals surface area contributed by atoms with E-state index in [0.717, 1.165) is 0 Å². The number of hydrogen-bond donors (Lipinski definition) is 1. The Morgan fingerprint density at radius 1 is 0.929 bits per heavy atom. The Balaban J connectivity index is 1.36. The molecule has 0 aliphatic carbocycles. The van der Waals surface area contributed by atoms with Gasteiger partial charge in [-0.25, -0.2) is 4.98 Å². The quantitative estimate of drug-likeness (QED) is 0.260. The van der Waals surface area contributed by atoms with Crippen molar-refractivity contribution in [3.8, 4) is 22.9 Å². The second kappa shape index (κ2) is 11.9. The van der Waals surface area contributed by atoms with Crippen molar-refractivity contribution in [2.24, 2.45) is 0 Å². The number of benzene rings is 3. The van der Waals surface area contributed by atoms with Crippen LogP contribution < -0.4 is 21.1 Å². The minimum absolute atomic E-state index is 0.162. The average molecular weight is 656 g/mol. The Morgan fingerprint density at radius 2 is 1.71 bits per heavy atom. The van der Waals surface area contributed by atoms with Gasteiger partial charge in [0.25, 0.3) is 0 Å². The van der Waals surface area contributed by atoms with E-state index < -0.39 is 22.4 Å². The normalized spacial score (nSPS) is 12.4. The zero-order valence-corrected chi connectivity index (χ0v) is 26.0. The minimum atomic E-state index is -0.959. The summed E-state index contributed by atoms with van der Waals surface area (Å²) >= 11 is -0.959. The molecular weight excluding hydrogens is 631 g/mol. The molecule has 0 fully saturated rings. The van der Waals surface area contributed by atoms with Gasteiger partial charge in [0.1, 0.15) is 11.5 Å². The summed E-state index contributed by atoms with van der Waals surface area (Å²) in [5.74, 6) is 1.34. The number of ether oxygens (including phenoxy) is 1. The number of carbonyl (C=O) groups is 1. The van der Waals surface area contributed by atoms with Gasteiger partial charge in [-0.2, -0.15) is 0 Å². The summed E-state index contributed by atoms with van der Waals surface area (Å²) < 4.78 is 12.3. The topological polar surface area (TPSA) is 108 Å². The third-order valence-corrected chi connectivity index (χ3v) is 10.1. The Kier molecular flexibility index (Phi) is 7.70. The Hall–Kier alpha value is -4.96. The van der Waals surface area contributed by atoms with Gasteiger partial charge in [-0.1, -0.05) is 18.2 Å². The van der Waals surface area contributed by atoms with Crippen LogP contribution >= 0.6 is 0 Å². The molecule has 3 heterocycles. The van der Waals surface area contributed by atoms with Gasteiger partial charge in [-0.15, -0.1) is 0 Å². The van der Waals surface area contributed by atoms with Gasteiger partial charge < -0.3 is 10.5 Å². The zero-order chi connectivity index (χ0) is 29.1. The predicted molar refractivity (Wildman–Crippen MR) is 167 cm³/mol. The number of hydrogen-bond acceptors (Lipinski definition) is 6. The van der Waals surface area contributed by atoms with E-state index >= 15 is 0 Å². The van der Waals surface area contributed by atoms with E-state index in [4.69, 9.17) is 10.5 Å². The van der Waals surface area contributed by atoms with E-state index in [0.29, 0.717) is 39.7 Å². The van der Waals surface area contributed by atoms with Crippen LogP contribution in [0.1, 0.15) is 0 Å². The van der Waals surface area contributed by atoms with Gasteiger partial charge in [-0.3, -0.25) is 0 Å². The number of nitrogens with two attached hydrogens (primary N) is 1. The number of likely N-dealkylation sites (N-methyl/N-ethyl adjacent to an activating group) is 1. The molecule has 0 spiro atoms. The fourth-order valence-electron chi connectivity index (χ4n) is 4.62. The van der Waals surface area contributed by atoms with Crippen LogP contribution in [0.25, 0.3) is 22.5 Å². The summed E-state index contributed by atoms with van der Waals surface area (Å²) in [5, 5.41) is 0. The maximum atomic E-state index is 14.0. The van der Waals surface area contributed by atoms with E-state index in [1.54, 1.807) is 60.5 Å². The number of imidazole rings is 1. The molecule has 2 N–H and O–H groups in total. The molecular formula is C32H25InN6O3. The first-order valence-corrected chi connectivity index (χ1v) is 16.7. The first kappa shape index (κ1) is 27.2. The van der Waals surface area contributed by atoms with Crippen LogP contribution in [-0.4, -0.2) is 57.7 Å². The number of para-hydroxylation sites is 1. The van der Waals surface area contributed by atoms with Crippen molar-refractivity contribution in [1.29, 1.82) is 0 Å². The summed E-state index contributed by atoms with van der Waals surface area (Å²) in [7, 11) is 1.71. The summed E-state index contributed by atoms with van der Waals surface area (Å²) in [4.78, 5) is 37.1. The Bertz CT molecular complexity index is 1970. The van der Waals surface area contributed by atoms with Crippen LogP contribution in [0.4, 0.5) is 11.5 Å². The van der Waals surface area contributed by atoms with Crippen LogP contribution in [0.5, 0.6) is 11.5 Å². The van der Waals surface area contributed by atoms with Crippen molar-refractivity contribution in [3.63, 3.8) is 0 Å². The van der Waals surface area contributed by atoms with Crippen LogP contribution in [0.3, 0.4) is 0 Å². The SMILES string of the molecule is CN(C(=O)/C=C/[C]1=[In][CH]=CC=C1)c1cccc(-n2c(=O)n(-c3ccc(Oc4ccccc4)cc3)c3c(N)ncnc32)c1. The molecule has 9 nitrogen and oxygen atoms in total. The number of allylic oxidation sites excluding steroid dienone is 4. The Labute approximate surface area is 252 Å². The molecule has 1 aliphatic rings. The summed E-state index contributed by atoms with van der Waals surface area (Å²) in [6, 6.07) is 23.8.